The fraction of sp³-hybridized carbons (Fsp3) is 0.147. The maximum Gasteiger partial charge on any atom is 0.401 e. The third-order valence-corrected chi connectivity index (χ3v) is 10.2. The summed E-state index contributed by atoms with van der Waals surface area (Å²) < 4.78 is 2.31. The molecule has 7 rings (SSSR count). The summed E-state index contributed by atoms with van der Waals surface area (Å²) >= 11 is 0. The molecule has 1 aromatic heterocycles. The fourth-order valence-corrected chi connectivity index (χ4v) is 8.16. The van der Waals surface area contributed by atoms with Crippen LogP contribution in [-0.4, -0.2) is 73.3 Å². The highest BCUT2D eigenvalue weighted by atomic mass is 15.0. The van der Waals surface area contributed by atoms with Crippen LogP contribution >= 0.6 is 0 Å². The molecule has 1 nitrogen and oxygen atoms in total. The van der Waals surface area contributed by atoms with Crippen LogP contribution in [0.4, 0.5) is 0 Å². The Morgan fingerprint density at radius 3 is 1.24 bits per heavy atom. The van der Waals surface area contributed by atoms with E-state index in [2.05, 4.69) is 134 Å². The van der Waals surface area contributed by atoms with Gasteiger partial charge in [-0.2, -0.15) is 0 Å². The lowest BCUT2D eigenvalue weighted by Gasteiger charge is -2.38. The van der Waals surface area contributed by atoms with Gasteiger partial charge in [-0.05, 0) is 64.4 Å². The SMILES string of the molecule is [B][B]B([n+]1c(C2(C)c3ccccc3-c3ccccc32)cccc1C1(C)c2ccccc2-c2ccccc21)C([B])([B][B])[B]B([B])[B]. The van der Waals surface area contributed by atoms with E-state index in [1.807, 2.05) is 0 Å². The molecular weight excluding hydrogens is 531 g/mol. The predicted octanol–water partition coefficient (Wildman–Crippen LogP) is 3.36. The van der Waals surface area contributed by atoms with Crippen LogP contribution in [0.25, 0.3) is 22.3 Å². The minimum atomic E-state index is -1.28. The van der Waals surface area contributed by atoms with Gasteiger partial charge in [-0.25, -0.2) is 0 Å². The van der Waals surface area contributed by atoms with E-state index >= 15 is 0 Å². The van der Waals surface area contributed by atoms with E-state index < -0.39 is 29.0 Å². The second-order valence-corrected chi connectivity index (χ2v) is 12.6. The molecule has 45 heavy (non-hydrogen) atoms. The summed E-state index contributed by atoms with van der Waals surface area (Å²) in [5.41, 5.74) is 10.6. The molecule has 0 aliphatic heterocycles. The summed E-state index contributed by atoms with van der Waals surface area (Å²) in [5.74, 6) is 0. The molecule has 1 unspecified atom stereocenters. The summed E-state index contributed by atoms with van der Waals surface area (Å²) in [7, 11) is 37.2. The number of pyridine rings is 1. The van der Waals surface area contributed by atoms with Gasteiger partial charge in [-0.1, -0.05) is 102 Å². The maximum absolute atomic E-state index is 7.16. The molecule has 13 radical (unpaired) electrons. The standard InChI is InChI=1S/C34H25B10N/c1-32(26-16-7-3-12-22(26)23-13-4-8-17-27(23)32)30-20-11-21-31(45(30)43(42-37)34(35,40-36)41-44(38)39)33(2)28-18-9-5-14-24(28)25-15-6-10-19-29(25)33/h3-21H,1-2H3/q+1. The summed E-state index contributed by atoms with van der Waals surface area (Å²) in [6.45, 7) is 3.95. The van der Waals surface area contributed by atoms with Crippen molar-refractivity contribution in [3.8, 4) is 22.3 Å². The highest BCUT2D eigenvalue weighted by Crippen LogP contribution is 2.54. The van der Waals surface area contributed by atoms with Crippen molar-refractivity contribution >= 4 is 73.3 Å². The summed E-state index contributed by atoms with van der Waals surface area (Å²) in [4.78, 5) is 0. The minimum Gasteiger partial charge on any atom is -0.293 e. The first-order valence-corrected chi connectivity index (χ1v) is 15.4. The highest BCUT2D eigenvalue weighted by Gasteiger charge is 2.55. The topological polar surface area (TPSA) is 3.88 Å². The first-order valence-electron chi connectivity index (χ1n) is 15.4. The third-order valence-electron chi connectivity index (χ3n) is 10.2. The van der Waals surface area contributed by atoms with Gasteiger partial charge in [-0.3, -0.25) is 4.48 Å². The van der Waals surface area contributed by atoms with Crippen LogP contribution in [0.5, 0.6) is 0 Å². The number of fused-ring (bicyclic) bond motifs is 6. The van der Waals surface area contributed by atoms with Crippen molar-refractivity contribution in [1.82, 2.24) is 0 Å². The number of hydrogen-bond acceptors (Lipinski definition) is 0. The maximum atomic E-state index is 7.16. The summed E-state index contributed by atoms with van der Waals surface area (Å²) in [6, 6.07) is 41.1. The lowest BCUT2D eigenvalue weighted by molar-refractivity contribution is -0.559. The molecule has 0 bridgehead atoms. The van der Waals surface area contributed by atoms with E-state index in [0.29, 0.717) is 0 Å². The van der Waals surface area contributed by atoms with Crippen LogP contribution in [0.15, 0.2) is 115 Å². The third kappa shape index (κ3) is 4.32. The van der Waals surface area contributed by atoms with E-state index in [4.69, 9.17) is 38.8 Å². The normalized spacial score (nSPS) is 15.9. The van der Waals surface area contributed by atoms with E-state index in [9.17, 15) is 0 Å². The van der Waals surface area contributed by atoms with Gasteiger partial charge >= 0.3 is 6.74 Å². The summed E-state index contributed by atoms with van der Waals surface area (Å²) in [5, 5.41) is -1.28. The Morgan fingerprint density at radius 2 is 0.933 bits per heavy atom. The Kier molecular flexibility index (Phi) is 7.54. The molecule has 0 amide bonds. The quantitative estimate of drug-likeness (QED) is 0.259. The van der Waals surface area contributed by atoms with Gasteiger partial charge in [0.2, 0.25) is 0 Å². The van der Waals surface area contributed by atoms with Crippen molar-refractivity contribution in [3.05, 3.63) is 149 Å². The largest absolute Gasteiger partial charge is 0.401 e. The monoisotopic (exact) mass is 557 g/mol. The molecule has 11 heteroatoms. The highest BCUT2D eigenvalue weighted by molar-refractivity contribution is 7.57. The molecule has 4 aromatic carbocycles. The van der Waals surface area contributed by atoms with Gasteiger partial charge in [-0.15, -0.1) is 0 Å². The predicted molar refractivity (Wildman–Crippen MR) is 197 cm³/mol. The van der Waals surface area contributed by atoms with Crippen LogP contribution in [0.2, 0.25) is 5.01 Å². The molecule has 0 N–H and O–H groups in total. The molecule has 1 heterocycles. The molecule has 0 saturated heterocycles. The first-order chi connectivity index (χ1) is 21.7. The van der Waals surface area contributed by atoms with E-state index in [1.54, 1.807) is 14.2 Å². The number of aromatic nitrogens is 1. The Labute approximate surface area is 277 Å². The zero-order chi connectivity index (χ0) is 31.6. The van der Waals surface area contributed by atoms with Gasteiger partial charge < -0.3 is 0 Å². The van der Waals surface area contributed by atoms with E-state index in [0.717, 1.165) is 11.4 Å². The van der Waals surface area contributed by atoms with Crippen molar-refractivity contribution < 1.29 is 4.48 Å². The average molecular weight is 556 g/mol. The second-order valence-electron chi connectivity index (χ2n) is 12.6. The van der Waals surface area contributed by atoms with Gasteiger partial charge in [0, 0.05) is 71.7 Å². The minimum absolute atomic E-state index is 0.557. The summed E-state index contributed by atoms with van der Waals surface area (Å²) in [6.07, 6.45) is -0.819. The fourth-order valence-electron chi connectivity index (χ4n) is 8.16. The van der Waals surface area contributed by atoms with Gasteiger partial charge in [0.05, 0.1) is 0 Å². The van der Waals surface area contributed by atoms with Crippen LogP contribution in [0.3, 0.4) is 0 Å². The molecule has 5 aromatic rings. The van der Waals surface area contributed by atoms with Crippen molar-refractivity contribution in [1.29, 1.82) is 0 Å². The molecule has 2 aliphatic rings. The number of hydrogen-bond donors (Lipinski definition) is 0. The number of benzene rings is 4. The first kappa shape index (κ1) is 30.3. The van der Waals surface area contributed by atoms with Crippen molar-refractivity contribution in [3.63, 3.8) is 0 Å². The molecule has 2 aliphatic carbocycles. The molecule has 1 atom stereocenters. The van der Waals surface area contributed by atoms with Gasteiger partial charge in [0.25, 0.3) is 0 Å². The molecule has 0 spiro atoms. The van der Waals surface area contributed by atoms with Crippen molar-refractivity contribution in [2.75, 3.05) is 0 Å². The number of rotatable bonds is 8. The molecular formula is C34H25B10N+. The van der Waals surface area contributed by atoms with Crippen molar-refractivity contribution in [2.24, 2.45) is 0 Å². The van der Waals surface area contributed by atoms with Crippen LogP contribution in [0.1, 0.15) is 47.5 Å². The molecule has 0 saturated carbocycles. The Balaban J connectivity index is 1.61. The van der Waals surface area contributed by atoms with Crippen LogP contribution in [0, 0.1) is 0 Å². The average Bonchev–Trinajstić information content (AvgIpc) is 3.48. The smallest absolute Gasteiger partial charge is 0.293 e. The Hall–Kier alpha value is -3.32. The van der Waals surface area contributed by atoms with Crippen LogP contribution < -0.4 is 4.48 Å². The Bertz CT molecular complexity index is 1720. The van der Waals surface area contributed by atoms with Gasteiger partial charge in [0.15, 0.2) is 11.4 Å². The van der Waals surface area contributed by atoms with Crippen LogP contribution in [-0.2, 0) is 10.8 Å². The zero-order valence-corrected chi connectivity index (χ0v) is 25.7. The lowest BCUT2D eigenvalue weighted by Crippen LogP contribution is -2.72. The molecule has 195 valence electrons. The van der Waals surface area contributed by atoms with E-state index in [-0.39, 0.29) is 0 Å². The zero-order valence-electron chi connectivity index (χ0n) is 25.7. The van der Waals surface area contributed by atoms with Crippen molar-refractivity contribution in [2.45, 2.75) is 29.7 Å². The lowest BCUT2D eigenvalue weighted by atomic mass is 8.84. The molecule has 0 fully saturated rings. The van der Waals surface area contributed by atoms with E-state index in [1.165, 1.54) is 51.7 Å². The number of nitrogens with zero attached hydrogens (tertiary/aromatic N) is 1. The van der Waals surface area contributed by atoms with Gasteiger partial charge in [0.1, 0.15) is 17.9 Å². The second kappa shape index (κ2) is 11.2. The Morgan fingerprint density at radius 1 is 0.578 bits per heavy atom.